The predicted octanol–water partition coefficient (Wildman–Crippen LogP) is 4.28. The standard InChI is InChI=1S/C23H29ClN2O3/c1-5-20(23(28)25-6-2)26(14-18-10-8-7-9-11-18)21(27)15-29-19-12-16(3)22(24)17(4)13-19/h7-13,20H,5-6,14-15H2,1-4H3,(H,25,28)/t20-/m1/s1. The summed E-state index contributed by atoms with van der Waals surface area (Å²) in [5, 5.41) is 3.52. The zero-order valence-electron chi connectivity index (χ0n) is 17.5. The van der Waals surface area contributed by atoms with Crippen LogP contribution in [0.2, 0.25) is 5.02 Å². The van der Waals surface area contributed by atoms with Crippen LogP contribution in [0, 0.1) is 13.8 Å². The van der Waals surface area contributed by atoms with E-state index in [0.29, 0.717) is 30.3 Å². The Labute approximate surface area is 178 Å². The number of halogens is 1. The number of ether oxygens (including phenoxy) is 1. The summed E-state index contributed by atoms with van der Waals surface area (Å²) in [5.74, 6) is 0.193. The molecule has 1 N–H and O–H groups in total. The first kappa shape index (κ1) is 22.8. The molecule has 6 heteroatoms. The number of benzene rings is 2. The first-order chi connectivity index (χ1) is 13.9. The number of carbonyl (C=O) groups is 2. The normalized spacial score (nSPS) is 11.6. The highest BCUT2D eigenvalue weighted by atomic mass is 35.5. The molecule has 0 aliphatic heterocycles. The second-order valence-electron chi connectivity index (χ2n) is 6.99. The van der Waals surface area contributed by atoms with Gasteiger partial charge in [0.2, 0.25) is 5.91 Å². The molecule has 156 valence electrons. The monoisotopic (exact) mass is 416 g/mol. The number of nitrogens with zero attached hydrogens (tertiary/aromatic N) is 1. The van der Waals surface area contributed by atoms with E-state index in [4.69, 9.17) is 16.3 Å². The highest BCUT2D eigenvalue weighted by Gasteiger charge is 2.28. The summed E-state index contributed by atoms with van der Waals surface area (Å²) < 4.78 is 5.76. The summed E-state index contributed by atoms with van der Waals surface area (Å²) in [6, 6.07) is 12.7. The molecule has 2 aromatic rings. The number of hydrogen-bond acceptors (Lipinski definition) is 3. The van der Waals surface area contributed by atoms with Crippen molar-refractivity contribution < 1.29 is 14.3 Å². The van der Waals surface area contributed by atoms with Gasteiger partial charge in [-0.2, -0.15) is 0 Å². The number of aryl methyl sites for hydroxylation is 2. The van der Waals surface area contributed by atoms with Crippen LogP contribution in [0.25, 0.3) is 0 Å². The van der Waals surface area contributed by atoms with Crippen LogP contribution in [-0.2, 0) is 16.1 Å². The maximum absolute atomic E-state index is 13.1. The van der Waals surface area contributed by atoms with E-state index in [1.807, 2.05) is 70.2 Å². The van der Waals surface area contributed by atoms with Gasteiger partial charge in [-0.1, -0.05) is 48.9 Å². The zero-order chi connectivity index (χ0) is 21.4. The summed E-state index contributed by atoms with van der Waals surface area (Å²) in [5.41, 5.74) is 2.75. The molecular formula is C23H29ClN2O3. The lowest BCUT2D eigenvalue weighted by Crippen LogP contribution is -2.50. The number of nitrogens with one attached hydrogen (secondary N) is 1. The lowest BCUT2D eigenvalue weighted by molar-refractivity contribution is -0.142. The van der Waals surface area contributed by atoms with Crippen molar-refractivity contribution in [1.82, 2.24) is 10.2 Å². The van der Waals surface area contributed by atoms with E-state index in [2.05, 4.69) is 5.32 Å². The Kier molecular flexibility index (Phi) is 8.52. The van der Waals surface area contributed by atoms with Crippen molar-refractivity contribution in [3.8, 4) is 5.75 Å². The first-order valence-corrected chi connectivity index (χ1v) is 10.3. The van der Waals surface area contributed by atoms with E-state index in [9.17, 15) is 9.59 Å². The van der Waals surface area contributed by atoms with Crippen LogP contribution in [0.3, 0.4) is 0 Å². The van der Waals surface area contributed by atoms with Gasteiger partial charge in [-0.25, -0.2) is 0 Å². The fourth-order valence-electron chi connectivity index (χ4n) is 3.21. The lowest BCUT2D eigenvalue weighted by atomic mass is 10.1. The molecule has 1 atom stereocenters. The Hall–Kier alpha value is -2.53. The zero-order valence-corrected chi connectivity index (χ0v) is 18.3. The Bertz CT molecular complexity index is 816. The Morgan fingerprint density at radius 1 is 1.10 bits per heavy atom. The second-order valence-corrected chi connectivity index (χ2v) is 7.36. The molecule has 0 unspecified atom stereocenters. The van der Waals surface area contributed by atoms with Crippen molar-refractivity contribution in [2.24, 2.45) is 0 Å². The summed E-state index contributed by atoms with van der Waals surface area (Å²) in [4.78, 5) is 27.2. The summed E-state index contributed by atoms with van der Waals surface area (Å²) in [7, 11) is 0. The third-order valence-electron chi connectivity index (χ3n) is 4.70. The van der Waals surface area contributed by atoms with Crippen LogP contribution >= 0.6 is 11.6 Å². The summed E-state index contributed by atoms with van der Waals surface area (Å²) in [6.07, 6.45) is 0.517. The second kappa shape index (κ2) is 10.9. The van der Waals surface area contributed by atoms with Gasteiger partial charge in [-0.3, -0.25) is 9.59 Å². The molecule has 0 aliphatic rings. The fourth-order valence-corrected chi connectivity index (χ4v) is 3.32. The maximum Gasteiger partial charge on any atom is 0.261 e. The minimum Gasteiger partial charge on any atom is -0.484 e. The van der Waals surface area contributed by atoms with Gasteiger partial charge < -0.3 is 15.0 Å². The van der Waals surface area contributed by atoms with E-state index in [1.165, 1.54) is 0 Å². The van der Waals surface area contributed by atoms with Crippen LogP contribution < -0.4 is 10.1 Å². The van der Waals surface area contributed by atoms with Crippen LogP contribution in [0.15, 0.2) is 42.5 Å². The quantitative estimate of drug-likeness (QED) is 0.663. The number of rotatable bonds is 9. The van der Waals surface area contributed by atoms with Crippen molar-refractivity contribution >= 4 is 23.4 Å². The minimum absolute atomic E-state index is 0.150. The highest BCUT2D eigenvalue weighted by Crippen LogP contribution is 2.26. The van der Waals surface area contributed by atoms with Gasteiger partial charge in [0, 0.05) is 18.1 Å². The van der Waals surface area contributed by atoms with E-state index in [-0.39, 0.29) is 18.4 Å². The molecule has 0 saturated heterocycles. The number of hydrogen-bond donors (Lipinski definition) is 1. The van der Waals surface area contributed by atoms with Crippen molar-refractivity contribution in [2.45, 2.75) is 46.7 Å². The fraction of sp³-hybridized carbons (Fsp3) is 0.391. The van der Waals surface area contributed by atoms with Gasteiger partial charge in [-0.15, -0.1) is 0 Å². The molecule has 29 heavy (non-hydrogen) atoms. The maximum atomic E-state index is 13.1. The molecule has 2 rings (SSSR count). The van der Waals surface area contributed by atoms with Gasteiger partial charge in [0.25, 0.3) is 5.91 Å². The van der Waals surface area contributed by atoms with E-state index in [0.717, 1.165) is 16.7 Å². The largest absolute Gasteiger partial charge is 0.484 e. The van der Waals surface area contributed by atoms with Crippen molar-refractivity contribution in [3.63, 3.8) is 0 Å². The van der Waals surface area contributed by atoms with Gasteiger partial charge in [-0.05, 0) is 56.0 Å². The summed E-state index contributed by atoms with van der Waals surface area (Å²) >= 11 is 6.20. The topological polar surface area (TPSA) is 58.6 Å². The van der Waals surface area contributed by atoms with Gasteiger partial charge >= 0.3 is 0 Å². The molecule has 0 radical (unpaired) electrons. The summed E-state index contributed by atoms with van der Waals surface area (Å²) in [6.45, 7) is 8.27. The minimum atomic E-state index is -0.556. The molecule has 2 amide bonds. The molecular weight excluding hydrogens is 388 g/mol. The molecule has 0 fully saturated rings. The Balaban J connectivity index is 2.20. The van der Waals surface area contributed by atoms with Crippen LogP contribution in [0.1, 0.15) is 37.0 Å². The predicted molar refractivity (Wildman–Crippen MR) is 116 cm³/mol. The van der Waals surface area contributed by atoms with Crippen molar-refractivity contribution in [1.29, 1.82) is 0 Å². The molecule has 2 aromatic carbocycles. The van der Waals surface area contributed by atoms with Gasteiger partial charge in [0.1, 0.15) is 11.8 Å². The van der Waals surface area contributed by atoms with Crippen LogP contribution in [0.4, 0.5) is 0 Å². The Morgan fingerprint density at radius 2 is 1.72 bits per heavy atom. The smallest absolute Gasteiger partial charge is 0.261 e. The molecule has 5 nitrogen and oxygen atoms in total. The molecule has 0 bridgehead atoms. The number of amides is 2. The third kappa shape index (κ3) is 6.23. The lowest BCUT2D eigenvalue weighted by Gasteiger charge is -2.30. The van der Waals surface area contributed by atoms with Crippen molar-refractivity contribution in [2.75, 3.05) is 13.2 Å². The average Bonchev–Trinajstić information content (AvgIpc) is 2.71. The molecule has 0 aliphatic carbocycles. The van der Waals surface area contributed by atoms with Crippen LogP contribution in [-0.4, -0.2) is 35.9 Å². The first-order valence-electron chi connectivity index (χ1n) is 9.88. The van der Waals surface area contributed by atoms with E-state index < -0.39 is 6.04 Å². The number of likely N-dealkylation sites (N-methyl/N-ethyl adjacent to an activating group) is 1. The van der Waals surface area contributed by atoms with Crippen LogP contribution in [0.5, 0.6) is 5.75 Å². The molecule has 0 heterocycles. The van der Waals surface area contributed by atoms with Gasteiger partial charge in [0.15, 0.2) is 6.61 Å². The third-order valence-corrected chi connectivity index (χ3v) is 5.30. The van der Waals surface area contributed by atoms with E-state index in [1.54, 1.807) is 4.90 Å². The average molecular weight is 417 g/mol. The Morgan fingerprint density at radius 3 is 2.28 bits per heavy atom. The molecule has 0 saturated carbocycles. The van der Waals surface area contributed by atoms with Crippen molar-refractivity contribution in [3.05, 3.63) is 64.2 Å². The molecule has 0 aromatic heterocycles. The molecule has 0 spiro atoms. The highest BCUT2D eigenvalue weighted by molar-refractivity contribution is 6.32. The number of carbonyl (C=O) groups excluding carboxylic acids is 2. The SMILES string of the molecule is CCNC(=O)[C@@H](CC)N(Cc1ccccc1)C(=O)COc1cc(C)c(Cl)c(C)c1. The van der Waals surface area contributed by atoms with E-state index >= 15 is 0 Å². The van der Waals surface area contributed by atoms with Gasteiger partial charge in [0.05, 0.1) is 0 Å².